The molecule has 0 fully saturated rings. The molecule has 0 unspecified atom stereocenters. The lowest BCUT2D eigenvalue weighted by molar-refractivity contribution is 0.0691. The van der Waals surface area contributed by atoms with Crippen LogP contribution in [0.25, 0.3) is 21.9 Å². The van der Waals surface area contributed by atoms with Crippen LogP contribution in [0.2, 0.25) is 0 Å². The summed E-state index contributed by atoms with van der Waals surface area (Å²) in [5.41, 5.74) is 2.86. The summed E-state index contributed by atoms with van der Waals surface area (Å²) in [6.45, 7) is 1.98. The van der Waals surface area contributed by atoms with E-state index in [1.165, 1.54) is 0 Å². The minimum absolute atomic E-state index is 0.0966. The minimum Gasteiger partial charge on any atom is -0.476 e. The SMILES string of the molecule is Cc1ccc2[nH]c3c(c(C(=O)O)nn3C)c2c1. The maximum Gasteiger partial charge on any atom is 0.357 e. The van der Waals surface area contributed by atoms with Crippen molar-refractivity contribution < 1.29 is 9.90 Å². The molecule has 3 rings (SSSR count). The van der Waals surface area contributed by atoms with E-state index >= 15 is 0 Å². The second kappa shape index (κ2) is 3.10. The molecule has 5 nitrogen and oxygen atoms in total. The van der Waals surface area contributed by atoms with E-state index in [2.05, 4.69) is 10.1 Å². The van der Waals surface area contributed by atoms with E-state index in [1.807, 2.05) is 25.1 Å². The standard InChI is InChI=1S/C12H11N3O2/c1-6-3-4-8-7(5-6)9-10(12(16)17)14-15(2)11(9)13-8/h3-5,13H,1-2H3,(H,16,17). The van der Waals surface area contributed by atoms with Crippen molar-refractivity contribution in [2.45, 2.75) is 6.92 Å². The molecule has 0 aliphatic carbocycles. The summed E-state index contributed by atoms with van der Waals surface area (Å²) < 4.78 is 1.56. The van der Waals surface area contributed by atoms with Gasteiger partial charge in [-0.1, -0.05) is 11.6 Å². The number of carboxylic acid groups (broad SMARTS) is 1. The molecule has 2 aromatic heterocycles. The van der Waals surface area contributed by atoms with Gasteiger partial charge in [0.05, 0.1) is 5.39 Å². The predicted molar refractivity (Wildman–Crippen MR) is 64.3 cm³/mol. The van der Waals surface area contributed by atoms with Gasteiger partial charge in [-0.15, -0.1) is 0 Å². The van der Waals surface area contributed by atoms with Crippen LogP contribution in [0.5, 0.6) is 0 Å². The van der Waals surface area contributed by atoms with Crippen LogP contribution >= 0.6 is 0 Å². The largest absolute Gasteiger partial charge is 0.476 e. The third-order valence-corrected chi connectivity index (χ3v) is 2.95. The van der Waals surface area contributed by atoms with E-state index in [0.29, 0.717) is 5.39 Å². The van der Waals surface area contributed by atoms with Crippen LogP contribution < -0.4 is 0 Å². The monoisotopic (exact) mass is 229 g/mol. The number of H-pyrrole nitrogens is 1. The van der Waals surface area contributed by atoms with Gasteiger partial charge in [0, 0.05) is 18.0 Å². The highest BCUT2D eigenvalue weighted by molar-refractivity contribution is 6.14. The predicted octanol–water partition coefficient (Wildman–Crippen LogP) is 2.06. The van der Waals surface area contributed by atoms with E-state index in [9.17, 15) is 4.79 Å². The Morgan fingerprint density at radius 1 is 1.47 bits per heavy atom. The first-order chi connectivity index (χ1) is 8.08. The molecule has 86 valence electrons. The number of benzene rings is 1. The molecule has 1 aromatic carbocycles. The molecule has 0 radical (unpaired) electrons. The van der Waals surface area contributed by atoms with Crippen molar-refractivity contribution >= 4 is 27.9 Å². The van der Waals surface area contributed by atoms with Crippen molar-refractivity contribution in [3.05, 3.63) is 29.5 Å². The molecule has 0 bridgehead atoms. The zero-order valence-electron chi connectivity index (χ0n) is 9.48. The molecule has 0 spiro atoms. The second-order valence-corrected chi connectivity index (χ2v) is 4.18. The van der Waals surface area contributed by atoms with Gasteiger partial charge in [-0.3, -0.25) is 4.68 Å². The average molecular weight is 229 g/mol. The normalized spacial score (nSPS) is 11.4. The Hall–Kier alpha value is -2.30. The van der Waals surface area contributed by atoms with Crippen molar-refractivity contribution in [3.8, 4) is 0 Å². The van der Waals surface area contributed by atoms with E-state index in [4.69, 9.17) is 5.11 Å². The summed E-state index contributed by atoms with van der Waals surface area (Å²) in [6, 6.07) is 5.92. The topological polar surface area (TPSA) is 70.9 Å². The van der Waals surface area contributed by atoms with Crippen molar-refractivity contribution in [2.24, 2.45) is 7.05 Å². The molecule has 17 heavy (non-hydrogen) atoms. The fourth-order valence-corrected chi connectivity index (χ4v) is 2.17. The Labute approximate surface area is 96.7 Å². The van der Waals surface area contributed by atoms with Crippen LogP contribution in [-0.4, -0.2) is 25.8 Å². The van der Waals surface area contributed by atoms with Crippen LogP contribution in [0, 0.1) is 6.92 Å². The Morgan fingerprint density at radius 3 is 2.94 bits per heavy atom. The molecule has 3 aromatic rings. The Bertz CT molecular complexity index is 752. The molecule has 5 heteroatoms. The van der Waals surface area contributed by atoms with Gasteiger partial charge in [0.25, 0.3) is 0 Å². The second-order valence-electron chi connectivity index (χ2n) is 4.18. The fraction of sp³-hybridized carbons (Fsp3) is 0.167. The van der Waals surface area contributed by atoms with Crippen molar-refractivity contribution in [2.75, 3.05) is 0 Å². The number of carboxylic acids is 1. The van der Waals surface area contributed by atoms with E-state index in [0.717, 1.165) is 22.1 Å². The number of hydrogen-bond donors (Lipinski definition) is 2. The van der Waals surface area contributed by atoms with Crippen molar-refractivity contribution in [1.82, 2.24) is 14.8 Å². The smallest absolute Gasteiger partial charge is 0.357 e. The summed E-state index contributed by atoms with van der Waals surface area (Å²) in [5.74, 6) is -1.00. The number of aromatic amines is 1. The van der Waals surface area contributed by atoms with Crippen LogP contribution in [-0.2, 0) is 7.05 Å². The summed E-state index contributed by atoms with van der Waals surface area (Å²) in [6.07, 6.45) is 0. The number of aromatic nitrogens is 3. The van der Waals surface area contributed by atoms with Crippen LogP contribution in [0.15, 0.2) is 18.2 Å². The first-order valence-corrected chi connectivity index (χ1v) is 5.26. The highest BCUT2D eigenvalue weighted by Crippen LogP contribution is 2.28. The van der Waals surface area contributed by atoms with Crippen LogP contribution in [0.4, 0.5) is 0 Å². The van der Waals surface area contributed by atoms with Gasteiger partial charge in [-0.05, 0) is 19.1 Å². The van der Waals surface area contributed by atoms with Crippen LogP contribution in [0.1, 0.15) is 16.1 Å². The molecule has 0 saturated carbocycles. The Balaban J connectivity index is 2.56. The van der Waals surface area contributed by atoms with E-state index in [1.54, 1.807) is 11.7 Å². The lowest BCUT2D eigenvalue weighted by Crippen LogP contribution is -2.00. The first kappa shape index (κ1) is 9.89. The summed E-state index contributed by atoms with van der Waals surface area (Å²) in [4.78, 5) is 14.4. The third-order valence-electron chi connectivity index (χ3n) is 2.95. The fourth-order valence-electron chi connectivity index (χ4n) is 2.17. The number of aryl methyl sites for hydroxylation is 2. The molecule has 2 heterocycles. The summed E-state index contributed by atoms with van der Waals surface area (Å²) >= 11 is 0. The number of fused-ring (bicyclic) bond motifs is 3. The van der Waals surface area contributed by atoms with Crippen LogP contribution in [0.3, 0.4) is 0 Å². The molecule has 2 N–H and O–H groups in total. The number of carbonyl (C=O) groups is 1. The van der Waals surface area contributed by atoms with Gasteiger partial charge in [-0.2, -0.15) is 5.10 Å². The molecule has 0 saturated heterocycles. The quantitative estimate of drug-likeness (QED) is 0.671. The zero-order valence-corrected chi connectivity index (χ0v) is 9.48. The molecule has 0 aliphatic rings. The van der Waals surface area contributed by atoms with Gasteiger partial charge in [0.1, 0.15) is 5.65 Å². The van der Waals surface area contributed by atoms with Gasteiger partial charge in [-0.25, -0.2) is 4.79 Å². The Morgan fingerprint density at radius 2 is 2.24 bits per heavy atom. The molecular weight excluding hydrogens is 218 g/mol. The maximum atomic E-state index is 11.2. The van der Waals surface area contributed by atoms with E-state index in [-0.39, 0.29) is 5.69 Å². The maximum absolute atomic E-state index is 11.2. The lowest BCUT2D eigenvalue weighted by Gasteiger charge is -1.94. The zero-order chi connectivity index (χ0) is 12.2. The molecule has 0 aliphatic heterocycles. The summed E-state index contributed by atoms with van der Waals surface area (Å²) in [5, 5.41) is 14.8. The highest BCUT2D eigenvalue weighted by atomic mass is 16.4. The summed E-state index contributed by atoms with van der Waals surface area (Å²) in [7, 11) is 1.73. The average Bonchev–Trinajstić information content (AvgIpc) is 2.77. The third kappa shape index (κ3) is 1.25. The number of nitrogens with zero attached hydrogens (tertiary/aromatic N) is 2. The number of nitrogens with one attached hydrogen (secondary N) is 1. The number of aromatic carboxylic acids is 1. The minimum atomic E-state index is -1.00. The van der Waals surface area contributed by atoms with E-state index < -0.39 is 5.97 Å². The molecular formula is C12H11N3O2. The van der Waals surface area contributed by atoms with Gasteiger partial charge in [0.2, 0.25) is 0 Å². The number of hydrogen-bond acceptors (Lipinski definition) is 2. The lowest BCUT2D eigenvalue weighted by atomic mass is 10.1. The first-order valence-electron chi connectivity index (χ1n) is 5.26. The highest BCUT2D eigenvalue weighted by Gasteiger charge is 2.19. The number of rotatable bonds is 1. The van der Waals surface area contributed by atoms with Gasteiger partial charge < -0.3 is 10.1 Å². The van der Waals surface area contributed by atoms with Gasteiger partial charge >= 0.3 is 5.97 Å². The molecule has 0 atom stereocenters. The Kier molecular flexibility index (Phi) is 1.80. The van der Waals surface area contributed by atoms with Gasteiger partial charge in [0.15, 0.2) is 5.69 Å². The van der Waals surface area contributed by atoms with Crippen molar-refractivity contribution in [1.29, 1.82) is 0 Å². The molecule has 0 amide bonds. The van der Waals surface area contributed by atoms with Crippen molar-refractivity contribution in [3.63, 3.8) is 0 Å².